The van der Waals surface area contributed by atoms with E-state index in [0.717, 1.165) is 32.6 Å². The molecular weight excluding hydrogens is 289 g/mol. The maximum atomic E-state index is 14.3. The van der Waals surface area contributed by atoms with Crippen LogP contribution in [0.5, 0.6) is 0 Å². The largest absolute Gasteiger partial charge is 0.392 e. The maximum Gasteiger partial charge on any atom is 0.187 e. The van der Waals surface area contributed by atoms with E-state index in [1.54, 1.807) is 0 Å². The fourth-order valence-corrected chi connectivity index (χ4v) is 3.06. The number of nitrogens with zero attached hydrogens (tertiary/aromatic N) is 4. The van der Waals surface area contributed by atoms with E-state index in [-0.39, 0.29) is 11.9 Å². The second kappa shape index (κ2) is 7.09. The summed E-state index contributed by atoms with van der Waals surface area (Å²) in [6.07, 6.45) is 2.91. The highest BCUT2D eigenvalue weighted by Gasteiger charge is 2.26. The molecule has 0 aromatic carbocycles. The van der Waals surface area contributed by atoms with E-state index in [1.807, 2.05) is 11.8 Å². The van der Waals surface area contributed by atoms with E-state index in [2.05, 4.69) is 21.8 Å². The fraction of sp³-hybridized carbons (Fsp3) is 0.643. The molecule has 0 saturated carbocycles. The van der Waals surface area contributed by atoms with Crippen LogP contribution < -0.4 is 10.6 Å². The van der Waals surface area contributed by atoms with E-state index >= 15 is 0 Å². The summed E-state index contributed by atoms with van der Waals surface area (Å²) in [6, 6.07) is 0.128. The first-order chi connectivity index (χ1) is 10.1. The van der Waals surface area contributed by atoms with Crippen LogP contribution in [0.4, 0.5) is 10.2 Å². The van der Waals surface area contributed by atoms with Crippen LogP contribution in [0.2, 0.25) is 0 Å². The van der Waals surface area contributed by atoms with Gasteiger partial charge in [-0.1, -0.05) is 26.1 Å². The molecule has 0 amide bonds. The highest BCUT2D eigenvalue weighted by molar-refractivity contribution is 7.80. The molecule has 0 spiro atoms. The molecule has 1 fully saturated rings. The summed E-state index contributed by atoms with van der Waals surface area (Å²) < 4.78 is 14.3. The van der Waals surface area contributed by atoms with Crippen LogP contribution in [-0.2, 0) is 6.42 Å². The van der Waals surface area contributed by atoms with Crippen molar-refractivity contribution in [1.29, 1.82) is 0 Å². The predicted octanol–water partition coefficient (Wildman–Crippen LogP) is 1.36. The zero-order valence-corrected chi connectivity index (χ0v) is 13.4. The maximum absolute atomic E-state index is 14.3. The van der Waals surface area contributed by atoms with Crippen LogP contribution >= 0.6 is 12.2 Å². The number of halogens is 1. The molecule has 1 aliphatic heterocycles. The van der Waals surface area contributed by atoms with Gasteiger partial charge in [-0.15, -0.1) is 0 Å². The van der Waals surface area contributed by atoms with E-state index in [9.17, 15) is 4.39 Å². The summed E-state index contributed by atoms with van der Waals surface area (Å²) >= 11 is 5.12. The minimum absolute atomic E-state index is 0.128. The minimum Gasteiger partial charge on any atom is -0.392 e. The highest BCUT2D eigenvalue weighted by Crippen LogP contribution is 2.20. The average Bonchev–Trinajstić information content (AvgIpc) is 2.49. The SMILES string of the molecule is CCc1ncnc(N2CCN(C(CC)C(N)=S)CC2)c1F. The number of aromatic nitrogens is 2. The molecule has 21 heavy (non-hydrogen) atoms. The number of aryl methyl sites for hydroxylation is 1. The highest BCUT2D eigenvalue weighted by atomic mass is 32.1. The van der Waals surface area contributed by atoms with Crippen molar-refractivity contribution in [3.63, 3.8) is 0 Å². The van der Waals surface area contributed by atoms with Gasteiger partial charge in [0.15, 0.2) is 11.6 Å². The second-order valence-electron chi connectivity index (χ2n) is 5.16. The number of hydrogen-bond donors (Lipinski definition) is 1. The Hall–Kier alpha value is -1.34. The molecule has 1 aromatic heterocycles. The van der Waals surface area contributed by atoms with Gasteiger partial charge in [-0.2, -0.15) is 0 Å². The molecule has 0 aliphatic carbocycles. The number of rotatable bonds is 5. The number of nitrogens with two attached hydrogens (primary N) is 1. The molecular formula is C14H22FN5S. The molecule has 1 aromatic rings. The van der Waals surface area contributed by atoms with E-state index in [1.165, 1.54) is 6.33 Å². The number of anilines is 1. The molecule has 5 nitrogen and oxygen atoms in total. The van der Waals surface area contributed by atoms with Crippen LogP contribution in [0.15, 0.2) is 6.33 Å². The van der Waals surface area contributed by atoms with E-state index < -0.39 is 0 Å². The van der Waals surface area contributed by atoms with Gasteiger partial charge in [-0.3, -0.25) is 4.90 Å². The third kappa shape index (κ3) is 3.47. The van der Waals surface area contributed by atoms with Crippen molar-refractivity contribution in [2.24, 2.45) is 5.73 Å². The number of thiocarbonyl (C=S) groups is 1. The van der Waals surface area contributed by atoms with Crippen LogP contribution in [0.3, 0.4) is 0 Å². The van der Waals surface area contributed by atoms with Crippen LogP contribution in [0.25, 0.3) is 0 Å². The van der Waals surface area contributed by atoms with Crippen molar-refractivity contribution in [1.82, 2.24) is 14.9 Å². The van der Waals surface area contributed by atoms with Crippen LogP contribution in [0.1, 0.15) is 26.0 Å². The van der Waals surface area contributed by atoms with Gasteiger partial charge in [0.05, 0.1) is 16.7 Å². The Morgan fingerprint density at radius 2 is 2.00 bits per heavy atom. The minimum atomic E-state index is -0.296. The van der Waals surface area contributed by atoms with Gasteiger partial charge in [0.1, 0.15) is 6.33 Å². The molecule has 1 saturated heterocycles. The smallest absolute Gasteiger partial charge is 0.187 e. The summed E-state index contributed by atoms with van der Waals surface area (Å²) in [5, 5.41) is 0. The van der Waals surface area contributed by atoms with Crippen molar-refractivity contribution in [3.05, 3.63) is 17.8 Å². The Kier molecular flexibility index (Phi) is 5.41. The summed E-state index contributed by atoms with van der Waals surface area (Å²) in [7, 11) is 0. The average molecular weight is 311 g/mol. The van der Waals surface area contributed by atoms with Crippen molar-refractivity contribution < 1.29 is 4.39 Å². The zero-order valence-electron chi connectivity index (χ0n) is 12.5. The van der Waals surface area contributed by atoms with E-state index in [0.29, 0.717) is 22.9 Å². The molecule has 0 radical (unpaired) electrons. The lowest BCUT2D eigenvalue weighted by Crippen LogP contribution is -2.54. The van der Waals surface area contributed by atoms with Gasteiger partial charge in [-0.05, 0) is 12.8 Å². The zero-order chi connectivity index (χ0) is 15.4. The van der Waals surface area contributed by atoms with Crippen LogP contribution in [0, 0.1) is 5.82 Å². The van der Waals surface area contributed by atoms with Crippen LogP contribution in [-0.4, -0.2) is 52.1 Å². The van der Waals surface area contributed by atoms with Gasteiger partial charge >= 0.3 is 0 Å². The van der Waals surface area contributed by atoms with Gasteiger partial charge in [0.2, 0.25) is 0 Å². The quantitative estimate of drug-likeness (QED) is 0.829. The van der Waals surface area contributed by atoms with Crippen molar-refractivity contribution >= 4 is 23.0 Å². The van der Waals surface area contributed by atoms with Crippen molar-refractivity contribution in [3.8, 4) is 0 Å². The lowest BCUT2D eigenvalue weighted by molar-refractivity contribution is 0.223. The molecule has 0 bridgehead atoms. The first-order valence-corrected chi connectivity index (χ1v) is 7.77. The third-order valence-corrected chi connectivity index (χ3v) is 4.22. The molecule has 2 rings (SSSR count). The normalized spacial score (nSPS) is 17.8. The first kappa shape index (κ1) is 16.0. The topological polar surface area (TPSA) is 58.3 Å². The Labute approximate surface area is 130 Å². The van der Waals surface area contributed by atoms with E-state index in [4.69, 9.17) is 18.0 Å². The van der Waals surface area contributed by atoms with Crippen molar-refractivity contribution in [2.75, 3.05) is 31.1 Å². The standard InChI is InChI=1S/C14H22FN5S/c1-3-10-12(15)14(18-9-17-10)20-7-5-19(6-8-20)11(4-2)13(16)21/h9,11H,3-8H2,1-2H3,(H2,16,21). The molecule has 116 valence electrons. The molecule has 7 heteroatoms. The van der Waals surface area contributed by atoms with Gasteiger partial charge in [0, 0.05) is 26.2 Å². The Balaban J connectivity index is 2.06. The van der Waals surface area contributed by atoms with Gasteiger partial charge < -0.3 is 10.6 Å². The number of piperazine rings is 1. The first-order valence-electron chi connectivity index (χ1n) is 7.36. The monoisotopic (exact) mass is 311 g/mol. The summed E-state index contributed by atoms with van der Waals surface area (Å²) in [5.74, 6) is 0.111. The van der Waals surface area contributed by atoms with Gasteiger partial charge in [-0.25, -0.2) is 14.4 Å². The molecule has 1 atom stereocenters. The molecule has 1 unspecified atom stereocenters. The summed E-state index contributed by atoms with van der Waals surface area (Å²) in [5.41, 5.74) is 6.25. The Morgan fingerprint density at radius 1 is 1.33 bits per heavy atom. The lowest BCUT2D eigenvalue weighted by atomic mass is 10.1. The Morgan fingerprint density at radius 3 is 2.52 bits per heavy atom. The third-order valence-electron chi connectivity index (χ3n) is 3.95. The lowest BCUT2D eigenvalue weighted by Gasteiger charge is -2.39. The second-order valence-corrected chi connectivity index (χ2v) is 5.63. The van der Waals surface area contributed by atoms with Gasteiger partial charge in [0.25, 0.3) is 0 Å². The Bertz CT molecular complexity index is 502. The van der Waals surface area contributed by atoms with Crippen molar-refractivity contribution in [2.45, 2.75) is 32.7 Å². The summed E-state index contributed by atoms with van der Waals surface area (Å²) in [6.45, 7) is 7.02. The molecule has 2 heterocycles. The number of hydrogen-bond acceptors (Lipinski definition) is 5. The predicted molar refractivity (Wildman–Crippen MR) is 86.0 cm³/mol. The fourth-order valence-electron chi connectivity index (χ4n) is 2.75. The molecule has 2 N–H and O–H groups in total. The molecule has 1 aliphatic rings. The summed E-state index contributed by atoms with van der Waals surface area (Å²) in [4.78, 5) is 12.9.